The highest BCUT2D eigenvalue weighted by Crippen LogP contribution is 2.02. The standard InChI is InChI=1S/C12H20N4O3/c1-8-6-9(2)16(15-8)5-3-4-14-12(19)10(13)7-11(17)18/h6,10H,3-5,7,13H2,1-2H3,(H,14,19)(H,17,18). The van der Waals surface area contributed by atoms with Crippen LogP contribution in [0.25, 0.3) is 0 Å². The molecule has 1 unspecified atom stereocenters. The lowest BCUT2D eigenvalue weighted by Crippen LogP contribution is -2.42. The van der Waals surface area contributed by atoms with E-state index in [0.717, 1.165) is 11.4 Å². The van der Waals surface area contributed by atoms with Gasteiger partial charge < -0.3 is 16.2 Å². The van der Waals surface area contributed by atoms with Crippen LogP contribution in [0, 0.1) is 13.8 Å². The number of hydrogen-bond acceptors (Lipinski definition) is 4. The maximum absolute atomic E-state index is 11.4. The lowest BCUT2D eigenvalue weighted by atomic mass is 10.2. The minimum absolute atomic E-state index is 0.358. The molecule has 1 atom stereocenters. The minimum atomic E-state index is -1.08. The van der Waals surface area contributed by atoms with Crippen molar-refractivity contribution < 1.29 is 14.7 Å². The van der Waals surface area contributed by atoms with Gasteiger partial charge >= 0.3 is 5.97 Å². The van der Waals surface area contributed by atoms with Gasteiger partial charge in [0.15, 0.2) is 0 Å². The van der Waals surface area contributed by atoms with Crippen LogP contribution in [0.2, 0.25) is 0 Å². The number of nitrogens with two attached hydrogens (primary N) is 1. The Balaban J connectivity index is 2.25. The van der Waals surface area contributed by atoms with Crippen LogP contribution in [-0.2, 0) is 16.1 Å². The van der Waals surface area contributed by atoms with E-state index in [9.17, 15) is 9.59 Å². The van der Waals surface area contributed by atoms with Gasteiger partial charge in [-0.3, -0.25) is 14.3 Å². The lowest BCUT2D eigenvalue weighted by Gasteiger charge is -2.10. The summed E-state index contributed by atoms with van der Waals surface area (Å²) in [5, 5.41) is 15.4. The van der Waals surface area contributed by atoms with E-state index in [1.165, 1.54) is 0 Å². The number of nitrogens with one attached hydrogen (secondary N) is 1. The van der Waals surface area contributed by atoms with Crippen molar-refractivity contribution in [2.24, 2.45) is 5.73 Å². The summed E-state index contributed by atoms with van der Waals surface area (Å²) in [6.07, 6.45) is 0.358. The van der Waals surface area contributed by atoms with Crippen LogP contribution < -0.4 is 11.1 Å². The number of carbonyl (C=O) groups is 2. The minimum Gasteiger partial charge on any atom is -0.481 e. The quantitative estimate of drug-likeness (QED) is 0.594. The summed E-state index contributed by atoms with van der Waals surface area (Å²) < 4.78 is 1.87. The molecule has 0 radical (unpaired) electrons. The highest BCUT2D eigenvalue weighted by molar-refractivity contribution is 5.85. The molecule has 1 amide bonds. The lowest BCUT2D eigenvalue weighted by molar-refractivity contribution is -0.139. The normalized spacial score (nSPS) is 12.2. The van der Waals surface area contributed by atoms with Gasteiger partial charge in [0.25, 0.3) is 0 Å². The highest BCUT2D eigenvalue weighted by Gasteiger charge is 2.16. The number of hydrogen-bond donors (Lipinski definition) is 3. The molecule has 0 saturated carbocycles. The van der Waals surface area contributed by atoms with Crippen molar-refractivity contribution in [3.05, 3.63) is 17.5 Å². The number of amides is 1. The summed E-state index contributed by atoms with van der Waals surface area (Å²) >= 11 is 0. The Morgan fingerprint density at radius 3 is 2.74 bits per heavy atom. The van der Waals surface area contributed by atoms with Crippen molar-refractivity contribution >= 4 is 11.9 Å². The predicted octanol–water partition coefficient (Wildman–Crippen LogP) is -0.192. The van der Waals surface area contributed by atoms with Gasteiger partial charge in [0, 0.05) is 18.8 Å². The summed E-state index contributed by atoms with van der Waals surface area (Å²) in [5.41, 5.74) is 7.47. The zero-order valence-corrected chi connectivity index (χ0v) is 11.2. The molecule has 1 aromatic heterocycles. The van der Waals surface area contributed by atoms with Crippen LogP contribution in [0.15, 0.2) is 6.07 Å². The predicted molar refractivity (Wildman–Crippen MR) is 69.6 cm³/mol. The molecule has 0 saturated heterocycles. The average Bonchev–Trinajstić information content (AvgIpc) is 2.62. The van der Waals surface area contributed by atoms with Crippen molar-refractivity contribution in [1.82, 2.24) is 15.1 Å². The van der Waals surface area contributed by atoms with Crippen LogP contribution in [0.4, 0.5) is 0 Å². The van der Waals surface area contributed by atoms with Crippen LogP contribution in [-0.4, -0.2) is 39.4 Å². The van der Waals surface area contributed by atoms with Gasteiger partial charge in [-0.15, -0.1) is 0 Å². The maximum Gasteiger partial charge on any atom is 0.305 e. The summed E-state index contributed by atoms with van der Waals surface area (Å²) in [4.78, 5) is 21.8. The molecule has 1 heterocycles. The van der Waals surface area contributed by atoms with E-state index < -0.39 is 17.9 Å². The molecule has 19 heavy (non-hydrogen) atoms. The van der Waals surface area contributed by atoms with Gasteiger partial charge in [0.1, 0.15) is 0 Å². The number of nitrogens with zero attached hydrogens (tertiary/aromatic N) is 2. The second-order valence-corrected chi connectivity index (χ2v) is 4.50. The Labute approximate surface area is 111 Å². The molecule has 1 aromatic rings. The Morgan fingerprint density at radius 2 is 2.21 bits per heavy atom. The molecule has 0 aliphatic heterocycles. The Hall–Kier alpha value is -1.89. The molecule has 1 rings (SSSR count). The number of carboxylic acids is 1. The van der Waals surface area contributed by atoms with E-state index >= 15 is 0 Å². The van der Waals surface area contributed by atoms with Crippen LogP contribution >= 0.6 is 0 Å². The average molecular weight is 268 g/mol. The first-order valence-corrected chi connectivity index (χ1v) is 6.16. The fourth-order valence-corrected chi connectivity index (χ4v) is 1.75. The molecule has 0 aromatic carbocycles. The first kappa shape index (κ1) is 15.2. The van der Waals surface area contributed by atoms with Gasteiger partial charge in [-0.2, -0.15) is 5.10 Å². The van der Waals surface area contributed by atoms with E-state index in [0.29, 0.717) is 19.5 Å². The Bertz CT molecular complexity index is 456. The third kappa shape index (κ3) is 5.09. The number of aliphatic carboxylic acids is 1. The SMILES string of the molecule is Cc1cc(C)n(CCCNC(=O)C(N)CC(=O)O)n1. The molecule has 4 N–H and O–H groups in total. The van der Waals surface area contributed by atoms with Crippen LogP contribution in [0.1, 0.15) is 24.2 Å². The number of carboxylic acid groups (broad SMARTS) is 1. The number of carbonyl (C=O) groups excluding carboxylic acids is 1. The molecule has 106 valence electrons. The second kappa shape index (κ2) is 6.89. The summed E-state index contributed by atoms with van der Waals surface area (Å²) in [6.45, 7) is 5.05. The van der Waals surface area contributed by atoms with E-state index in [-0.39, 0.29) is 6.42 Å². The van der Waals surface area contributed by atoms with E-state index in [4.69, 9.17) is 10.8 Å². The summed E-state index contributed by atoms with van der Waals surface area (Å²) in [5.74, 6) is -1.51. The third-order valence-corrected chi connectivity index (χ3v) is 2.68. The van der Waals surface area contributed by atoms with Gasteiger partial charge in [0.2, 0.25) is 5.91 Å². The molecular formula is C12H20N4O3. The molecular weight excluding hydrogens is 248 g/mol. The summed E-state index contributed by atoms with van der Waals surface area (Å²) in [7, 11) is 0. The van der Waals surface area contributed by atoms with Crippen molar-refractivity contribution in [3.63, 3.8) is 0 Å². The largest absolute Gasteiger partial charge is 0.481 e. The molecule has 0 bridgehead atoms. The number of aromatic nitrogens is 2. The van der Waals surface area contributed by atoms with E-state index in [1.807, 2.05) is 24.6 Å². The monoisotopic (exact) mass is 268 g/mol. The number of rotatable bonds is 7. The molecule has 0 spiro atoms. The highest BCUT2D eigenvalue weighted by atomic mass is 16.4. The van der Waals surface area contributed by atoms with Crippen LogP contribution in [0.3, 0.4) is 0 Å². The number of aryl methyl sites for hydroxylation is 3. The van der Waals surface area contributed by atoms with Gasteiger partial charge in [-0.25, -0.2) is 0 Å². The zero-order valence-electron chi connectivity index (χ0n) is 11.2. The Morgan fingerprint density at radius 1 is 1.53 bits per heavy atom. The molecule has 0 aliphatic carbocycles. The van der Waals surface area contributed by atoms with Crippen molar-refractivity contribution in [2.45, 2.75) is 39.3 Å². The fourth-order valence-electron chi connectivity index (χ4n) is 1.75. The molecule has 0 fully saturated rings. The topological polar surface area (TPSA) is 110 Å². The fraction of sp³-hybridized carbons (Fsp3) is 0.583. The van der Waals surface area contributed by atoms with Gasteiger partial charge in [-0.1, -0.05) is 0 Å². The maximum atomic E-state index is 11.4. The summed E-state index contributed by atoms with van der Waals surface area (Å²) in [6, 6.07) is 0.993. The van der Waals surface area contributed by atoms with E-state index in [2.05, 4.69) is 10.4 Å². The molecule has 0 aliphatic rings. The molecule has 7 heteroatoms. The first-order valence-electron chi connectivity index (χ1n) is 6.16. The van der Waals surface area contributed by atoms with E-state index in [1.54, 1.807) is 0 Å². The van der Waals surface area contributed by atoms with Gasteiger partial charge in [-0.05, 0) is 26.3 Å². The van der Waals surface area contributed by atoms with Crippen LogP contribution in [0.5, 0.6) is 0 Å². The third-order valence-electron chi connectivity index (χ3n) is 2.68. The Kier molecular flexibility index (Phi) is 5.50. The van der Waals surface area contributed by atoms with Crippen molar-refractivity contribution in [3.8, 4) is 0 Å². The van der Waals surface area contributed by atoms with Gasteiger partial charge in [0.05, 0.1) is 18.2 Å². The molecule has 7 nitrogen and oxygen atoms in total. The zero-order chi connectivity index (χ0) is 14.4. The second-order valence-electron chi connectivity index (χ2n) is 4.50. The first-order chi connectivity index (χ1) is 8.90. The van der Waals surface area contributed by atoms with Crippen molar-refractivity contribution in [2.75, 3.05) is 6.54 Å². The van der Waals surface area contributed by atoms with Crippen molar-refractivity contribution in [1.29, 1.82) is 0 Å². The smallest absolute Gasteiger partial charge is 0.305 e.